The molecule has 1 aliphatic rings. The molecule has 0 spiro atoms. The normalized spacial score (nSPS) is 14.2. The minimum absolute atomic E-state index is 0.0689. The van der Waals surface area contributed by atoms with Gasteiger partial charge in [-0.1, -0.05) is 0 Å². The molecule has 1 heterocycles. The zero-order chi connectivity index (χ0) is 20.8. The van der Waals surface area contributed by atoms with Gasteiger partial charge in [-0.25, -0.2) is 4.39 Å². The van der Waals surface area contributed by atoms with Crippen molar-refractivity contribution in [2.45, 2.75) is 0 Å². The maximum atomic E-state index is 13.1. The van der Waals surface area contributed by atoms with Gasteiger partial charge in [0.15, 0.2) is 11.5 Å². The van der Waals surface area contributed by atoms with Crippen molar-refractivity contribution in [1.82, 2.24) is 4.90 Å². The van der Waals surface area contributed by atoms with Crippen molar-refractivity contribution < 1.29 is 23.4 Å². The Labute approximate surface area is 170 Å². The molecule has 7 heteroatoms. The molecule has 1 aliphatic heterocycles. The molecule has 3 rings (SSSR count). The summed E-state index contributed by atoms with van der Waals surface area (Å²) in [5, 5.41) is 0. The number of methoxy groups -OCH3 is 3. The molecule has 0 N–H and O–H groups in total. The smallest absolute Gasteiger partial charge is 0.246 e. The molecule has 6 nitrogen and oxygen atoms in total. The molecule has 2 aromatic rings. The molecule has 1 saturated heterocycles. The summed E-state index contributed by atoms with van der Waals surface area (Å²) in [6.45, 7) is 2.60. The van der Waals surface area contributed by atoms with Gasteiger partial charge in [0.05, 0.1) is 21.3 Å². The Morgan fingerprint density at radius 3 is 2.14 bits per heavy atom. The SMILES string of the molecule is COc1ccc(C=CC(=O)N2CCN(c3ccc(F)cc3)CC2)c(OC)c1OC. The van der Waals surface area contributed by atoms with Crippen LogP contribution in [0.2, 0.25) is 0 Å². The summed E-state index contributed by atoms with van der Waals surface area (Å²) < 4.78 is 29.2. The molecular weight excluding hydrogens is 375 g/mol. The molecule has 0 bridgehead atoms. The molecule has 0 aromatic heterocycles. The van der Waals surface area contributed by atoms with Crippen LogP contribution in [0, 0.1) is 5.82 Å². The summed E-state index contributed by atoms with van der Waals surface area (Å²) in [4.78, 5) is 16.5. The monoisotopic (exact) mass is 400 g/mol. The highest BCUT2D eigenvalue weighted by atomic mass is 19.1. The highest BCUT2D eigenvalue weighted by Gasteiger charge is 2.20. The van der Waals surface area contributed by atoms with Gasteiger partial charge >= 0.3 is 0 Å². The van der Waals surface area contributed by atoms with Gasteiger partial charge in [0.2, 0.25) is 11.7 Å². The molecule has 1 fully saturated rings. The van der Waals surface area contributed by atoms with Crippen LogP contribution in [0.3, 0.4) is 0 Å². The average molecular weight is 400 g/mol. The molecule has 2 aromatic carbocycles. The Morgan fingerprint density at radius 1 is 0.897 bits per heavy atom. The van der Waals surface area contributed by atoms with Crippen molar-refractivity contribution in [3.63, 3.8) is 0 Å². The summed E-state index contributed by atoms with van der Waals surface area (Å²) >= 11 is 0. The van der Waals surface area contributed by atoms with Crippen LogP contribution >= 0.6 is 0 Å². The van der Waals surface area contributed by atoms with Gasteiger partial charge < -0.3 is 24.0 Å². The number of nitrogens with zero attached hydrogens (tertiary/aromatic N) is 2. The largest absolute Gasteiger partial charge is 0.493 e. The van der Waals surface area contributed by atoms with Crippen molar-refractivity contribution in [3.05, 3.63) is 53.9 Å². The van der Waals surface area contributed by atoms with E-state index in [1.54, 1.807) is 50.5 Å². The summed E-state index contributed by atoms with van der Waals surface area (Å²) in [7, 11) is 4.65. The molecule has 29 heavy (non-hydrogen) atoms. The van der Waals surface area contributed by atoms with E-state index in [-0.39, 0.29) is 11.7 Å². The topological polar surface area (TPSA) is 51.2 Å². The number of carbonyl (C=O) groups is 1. The van der Waals surface area contributed by atoms with E-state index in [1.807, 2.05) is 6.07 Å². The van der Waals surface area contributed by atoms with Crippen LogP contribution < -0.4 is 19.1 Å². The molecule has 0 radical (unpaired) electrons. The summed E-state index contributed by atoms with van der Waals surface area (Å²) in [5.74, 6) is 1.23. The van der Waals surface area contributed by atoms with E-state index < -0.39 is 0 Å². The first-order chi connectivity index (χ1) is 14.1. The number of carbonyl (C=O) groups excluding carboxylic acids is 1. The van der Waals surface area contributed by atoms with Crippen LogP contribution in [0.5, 0.6) is 17.2 Å². The van der Waals surface area contributed by atoms with E-state index in [4.69, 9.17) is 14.2 Å². The van der Waals surface area contributed by atoms with Crippen LogP contribution in [0.15, 0.2) is 42.5 Å². The zero-order valence-electron chi connectivity index (χ0n) is 16.9. The summed E-state index contributed by atoms with van der Waals surface area (Å²) in [5.41, 5.74) is 1.69. The van der Waals surface area contributed by atoms with Crippen LogP contribution in [0.1, 0.15) is 5.56 Å². The maximum absolute atomic E-state index is 13.1. The first kappa shape index (κ1) is 20.5. The van der Waals surface area contributed by atoms with Gasteiger partial charge in [-0.2, -0.15) is 0 Å². The number of ether oxygens (including phenoxy) is 3. The third kappa shape index (κ3) is 4.62. The second kappa shape index (κ2) is 9.32. The summed E-state index contributed by atoms with van der Waals surface area (Å²) in [6, 6.07) is 10.0. The molecule has 0 saturated carbocycles. The van der Waals surface area contributed by atoms with E-state index >= 15 is 0 Å². The average Bonchev–Trinajstić information content (AvgIpc) is 2.77. The van der Waals surface area contributed by atoms with Crippen molar-refractivity contribution >= 4 is 17.7 Å². The Morgan fingerprint density at radius 2 is 1.55 bits per heavy atom. The lowest BCUT2D eigenvalue weighted by Gasteiger charge is -2.35. The molecule has 0 unspecified atom stereocenters. The summed E-state index contributed by atoms with van der Waals surface area (Å²) in [6.07, 6.45) is 3.26. The zero-order valence-corrected chi connectivity index (χ0v) is 16.9. The van der Waals surface area contributed by atoms with Crippen LogP contribution in [-0.2, 0) is 4.79 Å². The lowest BCUT2D eigenvalue weighted by molar-refractivity contribution is -0.126. The van der Waals surface area contributed by atoms with Gasteiger partial charge in [0.25, 0.3) is 0 Å². The Bertz CT molecular complexity index is 875. The number of anilines is 1. The first-order valence-corrected chi connectivity index (χ1v) is 9.34. The molecule has 0 aliphatic carbocycles. The highest BCUT2D eigenvalue weighted by Crippen LogP contribution is 2.40. The van der Waals surface area contributed by atoms with Gasteiger partial charge in [0, 0.05) is 43.5 Å². The first-order valence-electron chi connectivity index (χ1n) is 9.34. The van der Waals surface area contributed by atoms with E-state index in [1.165, 1.54) is 18.2 Å². The molecule has 1 amide bonds. The highest BCUT2D eigenvalue weighted by molar-refractivity contribution is 5.92. The van der Waals surface area contributed by atoms with E-state index in [0.717, 1.165) is 11.3 Å². The van der Waals surface area contributed by atoms with Crippen LogP contribution in [0.4, 0.5) is 10.1 Å². The van der Waals surface area contributed by atoms with Gasteiger partial charge in [-0.15, -0.1) is 0 Å². The van der Waals surface area contributed by atoms with Crippen LogP contribution in [-0.4, -0.2) is 58.3 Å². The fraction of sp³-hybridized carbons (Fsp3) is 0.318. The third-order valence-corrected chi connectivity index (χ3v) is 4.92. The fourth-order valence-corrected chi connectivity index (χ4v) is 3.36. The van der Waals surface area contributed by atoms with Gasteiger partial charge in [-0.3, -0.25) is 4.79 Å². The van der Waals surface area contributed by atoms with E-state index in [2.05, 4.69) is 4.90 Å². The predicted molar refractivity (Wildman–Crippen MR) is 110 cm³/mol. The quantitative estimate of drug-likeness (QED) is 0.697. The fourth-order valence-electron chi connectivity index (χ4n) is 3.36. The van der Waals surface area contributed by atoms with Crippen molar-refractivity contribution in [1.29, 1.82) is 0 Å². The minimum atomic E-state index is -0.252. The number of benzene rings is 2. The number of hydrogen-bond donors (Lipinski definition) is 0. The molecule has 154 valence electrons. The number of piperazine rings is 1. The standard InChI is InChI=1S/C22H25FN2O4/c1-27-19-10-4-16(21(28-2)22(19)29-3)5-11-20(26)25-14-12-24(13-15-25)18-8-6-17(23)7-9-18/h4-11H,12-15H2,1-3H3. The number of halogens is 1. The van der Waals surface area contributed by atoms with E-state index in [9.17, 15) is 9.18 Å². The Balaban J connectivity index is 1.65. The Kier molecular flexibility index (Phi) is 6.59. The van der Waals surface area contributed by atoms with Gasteiger partial charge in [0.1, 0.15) is 5.82 Å². The van der Waals surface area contributed by atoms with Crippen molar-refractivity contribution in [3.8, 4) is 17.2 Å². The lowest BCUT2D eigenvalue weighted by Crippen LogP contribution is -2.48. The number of rotatable bonds is 6. The lowest BCUT2D eigenvalue weighted by atomic mass is 10.1. The second-order valence-corrected chi connectivity index (χ2v) is 6.55. The van der Waals surface area contributed by atoms with Crippen molar-refractivity contribution in [2.75, 3.05) is 52.4 Å². The maximum Gasteiger partial charge on any atom is 0.246 e. The van der Waals surface area contributed by atoms with Crippen molar-refractivity contribution in [2.24, 2.45) is 0 Å². The Hall–Kier alpha value is -3.22. The number of amides is 1. The third-order valence-electron chi connectivity index (χ3n) is 4.92. The molecule has 0 atom stereocenters. The number of hydrogen-bond acceptors (Lipinski definition) is 5. The minimum Gasteiger partial charge on any atom is -0.493 e. The second-order valence-electron chi connectivity index (χ2n) is 6.55. The van der Waals surface area contributed by atoms with Crippen LogP contribution in [0.25, 0.3) is 6.08 Å². The van der Waals surface area contributed by atoms with E-state index in [0.29, 0.717) is 43.4 Å². The predicted octanol–water partition coefficient (Wildman–Crippen LogP) is 3.21. The van der Waals surface area contributed by atoms with Gasteiger partial charge in [-0.05, 0) is 42.5 Å². The molecular formula is C22H25FN2O4.